The van der Waals surface area contributed by atoms with Crippen molar-refractivity contribution in [2.45, 2.75) is 0 Å². The van der Waals surface area contributed by atoms with Crippen LogP contribution in [0.25, 0.3) is 145 Å². The summed E-state index contributed by atoms with van der Waals surface area (Å²) in [6, 6.07) is 81.8. The summed E-state index contributed by atoms with van der Waals surface area (Å²) in [6.07, 6.45) is 0. The first-order chi connectivity index (χ1) is 36.2. The van der Waals surface area contributed by atoms with Crippen LogP contribution in [0.4, 0.5) is 0 Å². The molecule has 0 aliphatic carbocycles. The summed E-state index contributed by atoms with van der Waals surface area (Å²) in [7, 11) is 0. The zero-order valence-corrected chi connectivity index (χ0v) is 39.1. The number of nitrogens with zero attached hydrogens (tertiary/aromatic N) is 7. The van der Waals surface area contributed by atoms with E-state index in [0.717, 1.165) is 121 Å². The van der Waals surface area contributed by atoms with Crippen molar-refractivity contribution in [2.24, 2.45) is 0 Å². The summed E-state index contributed by atoms with van der Waals surface area (Å²) >= 11 is 0. The van der Waals surface area contributed by atoms with Gasteiger partial charge >= 0.3 is 0 Å². The lowest BCUT2D eigenvalue weighted by Crippen LogP contribution is -2.05. The maximum Gasteiger partial charge on any atom is 0.166 e. The Bertz CT molecular complexity index is 4600. The monoisotopic (exact) mass is 933 g/mol. The lowest BCUT2D eigenvalue weighted by Gasteiger charge is -2.17. The molecule has 5 aromatic heterocycles. The molecule has 8 heteroatoms. The van der Waals surface area contributed by atoms with Gasteiger partial charge in [0, 0.05) is 65.8 Å². The van der Waals surface area contributed by atoms with Gasteiger partial charge in [-0.05, 0) is 54.6 Å². The molecular formula is C65H39N7O. The van der Waals surface area contributed by atoms with Crippen LogP contribution in [0.2, 0.25) is 0 Å². The van der Waals surface area contributed by atoms with Crippen molar-refractivity contribution in [3.8, 4) is 68.2 Å². The molecule has 0 N–H and O–H groups in total. The molecule has 0 bridgehead atoms. The fourth-order valence-corrected chi connectivity index (χ4v) is 11.0. The van der Waals surface area contributed by atoms with E-state index in [1.165, 1.54) is 0 Å². The second kappa shape index (κ2) is 16.3. The van der Waals surface area contributed by atoms with E-state index < -0.39 is 0 Å². The molecule has 8 nitrogen and oxygen atoms in total. The summed E-state index contributed by atoms with van der Waals surface area (Å²) in [5.74, 6) is 2.21. The predicted molar refractivity (Wildman–Crippen MR) is 296 cm³/mol. The smallest absolute Gasteiger partial charge is 0.166 e. The van der Waals surface area contributed by atoms with E-state index >= 15 is 0 Å². The van der Waals surface area contributed by atoms with E-state index in [-0.39, 0.29) is 0 Å². The third-order valence-electron chi connectivity index (χ3n) is 14.1. The van der Waals surface area contributed by atoms with Crippen LogP contribution in [-0.4, -0.2) is 34.1 Å². The highest BCUT2D eigenvalue weighted by Gasteiger charge is 2.29. The molecule has 10 aromatic carbocycles. The van der Waals surface area contributed by atoms with Crippen LogP contribution in [0.1, 0.15) is 0 Å². The third-order valence-corrected chi connectivity index (χ3v) is 14.1. The SMILES string of the molecule is c1ccc(-c2nc(-c3ccccc3)nc(-c3cc(-c4nc(-c5ccccc5)c5ccccc5n4)ccc3-n3c4ccccc4c4c5oc6ccccc6c5c5c6ccccc6n(-c6ccccc6)c5c43)n2)cc1. The van der Waals surface area contributed by atoms with Crippen molar-refractivity contribution in [1.82, 2.24) is 34.1 Å². The molecule has 0 amide bonds. The standard InChI is InChI=1S/C65H39N7O/c1-5-21-40(22-6-1)58-45-29-13-17-33-50(45)66-64(67-58)43-37-38-53(49(39-43)65-69-62(41-23-7-2-8-24-41)68-63(70-65)42-25-9-3-10-26-42)72-52-35-19-15-31-47(52)57-60(72)59-55(56-48-32-16-20-36-54(48)73-61(56)57)46-30-14-18-34-51(46)71(59)44-27-11-4-12-28-44/h1-39H. The molecule has 0 fully saturated rings. The van der Waals surface area contributed by atoms with Crippen LogP contribution in [0.3, 0.4) is 0 Å². The molecule has 0 aliphatic heterocycles. The fourth-order valence-electron chi connectivity index (χ4n) is 11.0. The zero-order valence-electron chi connectivity index (χ0n) is 39.1. The normalized spacial score (nSPS) is 11.8. The second-order valence-electron chi connectivity index (χ2n) is 18.3. The van der Waals surface area contributed by atoms with Crippen LogP contribution >= 0.6 is 0 Å². The quantitative estimate of drug-likeness (QED) is 0.158. The number of rotatable bonds is 7. The molecule has 0 spiro atoms. The van der Waals surface area contributed by atoms with Gasteiger partial charge in [0.15, 0.2) is 23.3 Å². The van der Waals surface area contributed by atoms with Crippen molar-refractivity contribution in [2.75, 3.05) is 0 Å². The Morgan fingerprint density at radius 2 is 0.836 bits per heavy atom. The van der Waals surface area contributed by atoms with Gasteiger partial charge in [-0.1, -0.05) is 182 Å². The number of hydrogen-bond acceptors (Lipinski definition) is 6. The maximum atomic E-state index is 7.13. The summed E-state index contributed by atoms with van der Waals surface area (Å²) in [5.41, 5.74) is 13.8. The van der Waals surface area contributed by atoms with E-state index in [0.29, 0.717) is 23.3 Å². The van der Waals surface area contributed by atoms with E-state index in [9.17, 15) is 0 Å². The van der Waals surface area contributed by atoms with E-state index in [2.05, 4.69) is 149 Å². The molecule has 0 saturated carbocycles. The van der Waals surface area contributed by atoms with Gasteiger partial charge in [-0.2, -0.15) is 0 Å². The molecule has 0 aliphatic rings. The van der Waals surface area contributed by atoms with E-state index in [1.54, 1.807) is 0 Å². The Balaban J connectivity index is 1.13. The number of fused-ring (bicyclic) bond motifs is 13. The summed E-state index contributed by atoms with van der Waals surface area (Å²) < 4.78 is 12.0. The van der Waals surface area contributed by atoms with Crippen LogP contribution in [0.15, 0.2) is 241 Å². The topological polar surface area (TPSA) is 87.5 Å². The van der Waals surface area contributed by atoms with Crippen molar-refractivity contribution in [3.63, 3.8) is 0 Å². The van der Waals surface area contributed by atoms with Gasteiger partial charge in [0.05, 0.1) is 44.4 Å². The third kappa shape index (κ3) is 6.37. The minimum absolute atomic E-state index is 0.504. The van der Waals surface area contributed by atoms with Crippen molar-refractivity contribution in [3.05, 3.63) is 237 Å². The van der Waals surface area contributed by atoms with Crippen molar-refractivity contribution < 1.29 is 4.42 Å². The largest absolute Gasteiger partial charge is 0.455 e. The number of hydrogen-bond donors (Lipinski definition) is 0. The van der Waals surface area contributed by atoms with Crippen molar-refractivity contribution in [1.29, 1.82) is 0 Å². The molecule has 0 radical (unpaired) electrons. The highest BCUT2D eigenvalue weighted by molar-refractivity contribution is 6.39. The van der Waals surface area contributed by atoms with Gasteiger partial charge in [-0.25, -0.2) is 24.9 Å². The van der Waals surface area contributed by atoms with Gasteiger partial charge in [0.1, 0.15) is 11.2 Å². The molecule has 0 atom stereocenters. The number of para-hydroxylation sites is 5. The first kappa shape index (κ1) is 40.8. The second-order valence-corrected chi connectivity index (χ2v) is 18.3. The number of furan rings is 1. The highest BCUT2D eigenvalue weighted by Crippen LogP contribution is 2.50. The average Bonchev–Trinajstić information content (AvgIpc) is 4.21. The molecule has 0 saturated heterocycles. The molecule has 73 heavy (non-hydrogen) atoms. The van der Waals surface area contributed by atoms with Crippen LogP contribution < -0.4 is 0 Å². The van der Waals surface area contributed by atoms with Gasteiger partial charge in [-0.3, -0.25) is 0 Å². The summed E-state index contributed by atoms with van der Waals surface area (Å²) in [4.78, 5) is 26.6. The highest BCUT2D eigenvalue weighted by atomic mass is 16.3. The minimum atomic E-state index is 0.504. The number of benzene rings is 10. The molecule has 15 aromatic rings. The maximum absolute atomic E-state index is 7.13. The summed E-state index contributed by atoms with van der Waals surface area (Å²) in [5, 5.41) is 7.45. The van der Waals surface area contributed by atoms with Gasteiger partial charge in [0.2, 0.25) is 0 Å². The molecule has 15 rings (SSSR count). The first-order valence-corrected chi connectivity index (χ1v) is 24.4. The van der Waals surface area contributed by atoms with E-state index in [1.807, 2.05) is 97.1 Å². The van der Waals surface area contributed by atoms with Gasteiger partial charge in [0.25, 0.3) is 0 Å². The zero-order chi connectivity index (χ0) is 48.0. The van der Waals surface area contributed by atoms with Crippen LogP contribution in [-0.2, 0) is 0 Å². The molecule has 5 heterocycles. The molecule has 340 valence electrons. The Kier molecular flexibility index (Phi) is 9.09. The Morgan fingerprint density at radius 3 is 1.52 bits per heavy atom. The lowest BCUT2D eigenvalue weighted by atomic mass is 10.0. The van der Waals surface area contributed by atoms with Crippen molar-refractivity contribution >= 4 is 76.5 Å². The van der Waals surface area contributed by atoms with E-state index in [4.69, 9.17) is 29.3 Å². The average molecular weight is 934 g/mol. The Morgan fingerprint density at radius 1 is 0.329 bits per heavy atom. The Labute approximate surface area is 417 Å². The predicted octanol–water partition coefficient (Wildman–Crippen LogP) is 16.2. The van der Waals surface area contributed by atoms with Gasteiger partial charge < -0.3 is 13.6 Å². The fraction of sp³-hybridized carbons (Fsp3) is 0. The first-order valence-electron chi connectivity index (χ1n) is 24.4. The summed E-state index contributed by atoms with van der Waals surface area (Å²) in [6.45, 7) is 0. The van der Waals surface area contributed by atoms with Crippen LogP contribution in [0, 0.1) is 0 Å². The lowest BCUT2D eigenvalue weighted by molar-refractivity contribution is 0.673. The van der Waals surface area contributed by atoms with Crippen LogP contribution in [0.5, 0.6) is 0 Å². The number of aromatic nitrogens is 7. The minimum Gasteiger partial charge on any atom is -0.455 e. The molecule has 0 unspecified atom stereocenters. The molecular weight excluding hydrogens is 895 g/mol. The van der Waals surface area contributed by atoms with Gasteiger partial charge in [-0.15, -0.1) is 0 Å². The Hall–Kier alpha value is -10.1.